The van der Waals surface area contributed by atoms with Gasteiger partial charge >= 0.3 is 0 Å². The zero-order valence-corrected chi connectivity index (χ0v) is 14.7. The molecule has 0 spiro atoms. The first-order chi connectivity index (χ1) is 12.4. The molecule has 0 aliphatic rings. The smallest absolute Gasteiger partial charge is 0.252 e. The van der Waals surface area contributed by atoms with Gasteiger partial charge in [0, 0.05) is 30.9 Å². The van der Waals surface area contributed by atoms with Crippen LogP contribution in [-0.2, 0) is 0 Å². The zero-order chi connectivity index (χ0) is 18.7. The first-order valence-electron chi connectivity index (χ1n) is 8.12. The first kappa shape index (κ1) is 17.6. The van der Waals surface area contributed by atoms with Gasteiger partial charge in [0.15, 0.2) is 0 Å². The predicted molar refractivity (Wildman–Crippen MR) is 96.3 cm³/mol. The van der Waals surface area contributed by atoms with Crippen molar-refractivity contribution in [2.45, 2.75) is 13.0 Å². The Hall–Kier alpha value is -3.22. The molecule has 1 heterocycles. The van der Waals surface area contributed by atoms with Crippen molar-refractivity contribution >= 4 is 11.6 Å². The maximum atomic E-state index is 13.2. The van der Waals surface area contributed by atoms with Gasteiger partial charge in [-0.3, -0.25) is 4.79 Å². The fourth-order valence-corrected chi connectivity index (χ4v) is 2.41. The van der Waals surface area contributed by atoms with Gasteiger partial charge in [0.2, 0.25) is 11.7 Å². The number of halogens is 1. The number of amides is 1. The lowest BCUT2D eigenvalue weighted by Gasteiger charge is -2.11. The van der Waals surface area contributed by atoms with E-state index in [2.05, 4.69) is 15.5 Å². The molecule has 0 bridgehead atoms. The van der Waals surface area contributed by atoms with Gasteiger partial charge in [-0.05, 0) is 49.4 Å². The molecule has 3 rings (SSSR count). The lowest BCUT2D eigenvalue weighted by atomic mass is 10.2. The number of hydrogen-bond acceptors (Lipinski definition) is 5. The number of nitrogens with one attached hydrogen (secondary N) is 1. The Morgan fingerprint density at radius 1 is 1.19 bits per heavy atom. The normalized spacial score (nSPS) is 11.8. The summed E-state index contributed by atoms with van der Waals surface area (Å²) >= 11 is 0. The molecule has 0 radical (unpaired) electrons. The van der Waals surface area contributed by atoms with E-state index in [1.807, 2.05) is 43.3 Å². The van der Waals surface area contributed by atoms with Crippen molar-refractivity contribution in [3.8, 4) is 11.4 Å². The van der Waals surface area contributed by atoms with Crippen LogP contribution in [0.1, 0.15) is 29.2 Å². The Morgan fingerprint density at radius 3 is 2.58 bits per heavy atom. The maximum absolute atomic E-state index is 13.2. The molecule has 1 aromatic heterocycles. The third-order valence-electron chi connectivity index (χ3n) is 3.89. The van der Waals surface area contributed by atoms with Gasteiger partial charge in [-0.1, -0.05) is 11.2 Å². The molecule has 1 N–H and O–H groups in total. The molecular formula is C19H19FN4O2. The van der Waals surface area contributed by atoms with Gasteiger partial charge in [0.1, 0.15) is 11.9 Å². The SMILES string of the molecule is CC(NC(=O)c1cccc(F)c1)c1nc(-c2ccc(N(C)C)cc2)no1. The number of nitrogens with zero attached hydrogens (tertiary/aromatic N) is 3. The van der Waals surface area contributed by atoms with Crippen molar-refractivity contribution < 1.29 is 13.7 Å². The Labute approximate surface area is 150 Å². The Kier molecular flexibility index (Phi) is 4.97. The van der Waals surface area contributed by atoms with Gasteiger partial charge in [-0.25, -0.2) is 4.39 Å². The molecule has 0 aliphatic carbocycles. The molecule has 0 saturated heterocycles. The molecule has 1 atom stereocenters. The van der Waals surface area contributed by atoms with Gasteiger partial charge in [0.05, 0.1) is 0 Å². The van der Waals surface area contributed by atoms with E-state index in [0.717, 1.165) is 11.3 Å². The topological polar surface area (TPSA) is 71.3 Å². The predicted octanol–water partition coefficient (Wildman–Crippen LogP) is 3.43. The Bertz CT molecular complexity index is 906. The van der Waals surface area contributed by atoms with E-state index in [0.29, 0.717) is 5.82 Å². The van der Waals surface area contributed by atoms with Crippen molar-refractivity contribution in [2.24, 2.45) is 0 Å². The highest BCUT2D eigenvalue weighted by atomic mass is 19.1. The molecule has 134 valence electrons. The molecule has 6 nitrogen and oxygen atoms in total. The van der Waals surface area contributed by atoms with Crippen LogP contribution in [0, 0.1) is 5.82 Å². The molecule has 7 heteroatoms. The number of rotatable bonds is 5. The lowest BCUT2D eigenvalue weighted by Crippen LogP contribution is -2.26. The number of aromatic nitrogens is 2. The summed E-state index contributed by atoms with van der Waals surface area (Å²) in [4.78, 5) is 18.5. The molecule has 0 fully saturated rings. The highest BCUT2D eigenvalue weighted by molar-refractivity contribution is 5.94. The number of carbonyl (C=O) groups excluding carboxylic acids is 1. The average Bonchev–Trinajstić information content (AvgIpc) is 3.12. The fraction of sp³-hybridized carbons (Fsp3) is 0.211. The summed E-state index contributed by atoms with van der Waals surface area (Å²) in [6.45, 7) is 1.73. The van der Waals surface area contributed by atoms with E-state index in [1.54, 1.807) is 6.92 Å². The van der Waals surface area contributed by atoms with E-state index in [9.17, 15) is 9.18 Å². The Morgan fingerprint density at radius 2 is 1.92 bits per heavy atom. The van der Waals surface area contributed by atoms with Crippen LogP contribution in [0.3, 0.4) is 0 Å². The maximum Gasteiger partial charge on any atom is 0.252 e. The zero-order valence-electron chi connectivity index (χ0n) is 14.7. The van der Waals surface area contributed by atoms with Gasteiger partial charge < -0.3 is 14.7 Å². The monoisotopic (exact) mass is 354 g/mol. The highest BCUT2D eigenvalue weighted by Gasteiger charge is 2.18. The lowest BCUT2D eigenvalue weighted by molar-refractivity contribution is 0.0932. The van der Waals surface area contributed by atoms with Crippen LogP contribution in [0.15, 0.2) is 53.1 Å². The molecular weight excluding hydrogens is 335 g/mol. The largest absolute Gasteiger partial charge is 0.378 e. The summed E-state index contributed by atoms with van der Waals surface area (Å²) in [6.07, 6.45) is 0. The van der Waals surface area contributed by atoms with E-state index >= 15 is 0 Å². The third kappa shape index (κ3) is 3.88. The minimum absolute atomic E-state index is 0.232. The van der Waals surface area contributed by atoms with E-state index in [1.165, 1.54) is 24.3 Å². The fourth-order valence-electron chi connectivity index (χ4n) is 2.41. The van der Waals surface area contributed by atoms with Crippen LogP contribution >= 0.6 is 0 Å². The molecule has 2 aromatic carbocycles. The first-order valence-corrected chi connectivity index (χ1v) is 8.12. The third-order valence-corrected chi connectivity index (χ3v) is 3.89. The number of hydrogen-bond donors (Lipinski definition) is 1. The number of carbonyl (C=O) groups is 1. The molecule has 0 aliphatic heterocycles. The quantitative estimate of drug-likeness (QED) is 0.760. The summed E-state index contributed by atoms with van der Waals surface area (Å²) in [5.74, 6) is -0.155. The van der Waals surface area contributed by atoms with Gasteiger partial charge in [-0.2, -0.15) is 4.98 Å². The standard InChI is InChI=1S/C19H19FN4O2/c1-12(21-18(25)14-5-4-6-15(20)11-14)19-22-17(23-26-19)13-7-9-16(10-8-13)24(2)3/h4-12H,1-3H3,(H,21,25). The number of anilines is 1. The minimum atomic E-state index is -0.506. The van der Waals surface area contributed by atoms with Crippen LogP contribution in [0.25, 0.3) is 11.4 Å². The van der Waals surface area contributed by atoms with Crippen molar-refractivity contribution in [3.63, 3.8) is 0 Å². The van der Waals surface area contributed by atoms with Gasteiger partial charge in [0.25, 0.3) is 5.91 Å². The Balaban J connectivity index is 1.71. The molecule has 0 saturated carbocycles. The van der Waals surface area contributed by atoms with Crippen LogP contribution in [0.2, 0.25) is 0 Å². The van der Waals surface area contributed by atoms with Gasteiger partial charge in [-0.15, -0.1) is 0 Å². The second-order valence-corrected chi connectivity index (χ2v) is 6.10. The van der Waals surface area contributed by atoms with Crippen LogP contribution in [-0.4, -0.2) is 30.1 Å². The van der Waals surface area contributed by atoms with Crippen molar-refractivity contribution in [3.05, 3.63) is 65.8 Å². The summed E-state index contributed by atoms with van der Waals surface area (Å²) in [7, 11) is 3.93. The molecule has 26 heavy (non-hydrogen) atoms. The second kappa shape index (κ2) is 7.35. The highest BCUT2D eigenvalue weighted by Crippen LogP contribution is 2.21. The molecule has 1 amide bonds. The second-order valence-electron chi connectivity index (χ2n) is 6.10. The van der Waals surface area contributed by atoms with E-state index in [4.69, 9.17) is 4.52 Å². The van der Waals surface area contributed by atoms with Crippen molar-refractivity contribution in [1.29, 1.82) is 0 Å². The van der Waals surface area contributed by atoms with Crippen molar-refractivity contribution in [2.75, 3.05) is 19.0 Å². The molecule has 1 unspecified atom stereocenters. The summed E-state index contributed by atoms with van der Waals surface area (Å²) < 4.78 is 18.5. The minimum Gasteiger partial charge on any atom is -0.378 e. The van der Waals surface area contributed by atoms with Crippen LogP contribution in [0.5, 0.6) is 0 Å². The summed E-state index contributed by atoms with van der Waals surface area (Å²) in [5, 5.41) is 6.69. The van der Waals surface area contributed by atoms with Crippen molar-refractivity contribution in [1.82, 2.24) is 15.5 Å². The van der Waals surface area contributed by atoms with Crippen LogP contribution < -0.4 is 10.2 Å². The summed E-state index contributed by atoms with van der Waals surface area (Å²) in [5.41, 5.74) is 2.11. The molecule has 3 aromatic rings. The van der Waals surface area contributed by atoms with Crippen LogP contribution in [0.4, 0.5) is 10.1 Å². The summed E-state index contributed by atoms with van der Waals surface area (Å²) in [6, 6.07) is 12.7. The number of benzene rings is 2. The van der Waals surface area contributed by atoms with E-state index < -0.39 is 17.8 Å². The average molecular weight is 354 g/mol. The van der Waals surface area contributed by atoms with E-state index in [-0.39, 0.29) is 11.5 Å².